The Morgan fingerprint density at radius 3 is 3.00 bits per heavy atom. The standard InChI is InChI=1S/C9H18N2O2/c1-11(9(12)13-2)6-4-8-3-5-10-7-8/h8,10H,3-7H2,1-2H3. The minimum absolute atomic E-state index is 0.244. The Labute approximate surface area is 79.2 Å². The fourth-order valence-electron chi connectivity index (χ4n) is 1.58. The van der Waals surface area contributed by atoms with Gasteiger partial charge in [-0.1, -0.05) is 0 Å². The van der Waals surface area contributed by atoms with Crippen molar-refractivity contribution in [2.45, 2.75) is 12.8 Å². The molecule has 1 N–H and O–H groups in total. The molecule has 4 heteroatoms. The number of hydrogen-bond acceptors (Lipinski definition) is 3. The molecule has 4 nitrogen and oxygen atoms in total. The summed E-state index contributed by atoms with van der Waals surface area (Å²) in [4.78, 5) is 12.6. The van der Waals surface area contributed by atoms with E-state index in [0.29, 0.717) is 0 Å². The van der Waals surface area contributed by atoms with Gasteiger partial charge in [-0.2, -0.15) is 0 Å². The van der Waals surface area contributed by atoms with Crippen LogP contribution < -0.4 is 5.32 Å². The van der Waals surface area contributed by atoms with Crippen LogP contribution in [0.3, 0.4) is 0 Å². The first-order chi connectivity index (χ1) is 6.24. The summed E-state index contributed by atoms with van der Waals surface area (Å²) in [5.74, 6) is 0.729. The summed E-state index contributed by atoms with van der Waals surface area (Å²) >= 11 is 0. The van der Waals surface area contributed by atoms with Gasteiger partial charge in [-0.15, -0.1) is 0 Å². The lowest BCUT2D eigenvalue weighted by molar-refractivity contribution is 0.131. The molecule has 0 radical (unpaired) electrons. The van der Waals surface area contributed by atoms with Gasteiger partial charge in [-0.05, 0) is 31.8 Å². The first kappa shape index (κ1) is 10.3. The Bertz CT molecular complexity index is 167. The summed E-state index contributed by atoms with van der Waals surface area (Å²) in [5.41, 5.74) is 0. The SMILES string of the molecule is COC(=O)N(C)CCC1CCNC1. The van der Waals surface area contributed by atoms with Crippen LogP contribution in [0.2, 0.25) is 0 Å². The first-order valence-electron chi connectivity index (χ1n) is 4.74. The van der Waals surface area contributed by atoms with Gasteiger partial charge in [-0.25, -0.2) is 4.79 Å². The molecule has 76 valence electrons. The largest absolute Gasteiger partial charge is 0.453 e. The maximum atomic E-state index is 11.0. The molecule has 0 aromatic carbocycles. The summed E-state index contributed by atoms with van der Waals surface area (Å²) in [5, 5.41) is 3.30. The highest BCUT2D eigenvalue weighted by Gasteiger charge is 2.16. The van der Waals surface area contributed by atoms with Crippen LogP contribution >= 0.6 is 0 Å². The highest BCUT2D eigenvalue weighted by Crippen LogP contribution is 2.12. The molecule has 13 heavy (non-hydrogen) atoms. The fraction of sp³-hybridized carbons (Fsp3) is 0.889. The van der Waals surface area contributed by atoms with Crippen molar-refractivity contribution in [2.75, 3.05) is 33.8 Å². The van der Waals surface area contributed by atoms with Crippen LogP contribution in [0.4, 0.5) is 4.79 Å². The number of nitrogens with one attached hydrogen (secondary N) is 1. The third-order valence-electron chi connectivity index (χ3n) is 2.52. The van der Waals surface area contributed by atoms with E-state index in [1.165, 1.54) is 13.5 Å². The molecular formula is C9H18N2O2. The molecule has 1 saturated heterocycles. The molecule has 0 saturated carbocycles. The van der Waals surface area contributed by atoms with Crippen LogP contribution in [0.1, 0.15) is 12.8 Å². The summed E-state index contributed by atoms with van der Waals surface area (Å²) in [6.07, 6.45) is 2.05. The Morgan fingerprint density at radius 1 is 1.69 bits per heavy atom. The van der Waals surface area contributed by atoms with E-state index in [4.69, 9.17) is 0 Å². The van der Waals surface area contributed by atoms with E-state index >= 15 is 0 Å². The molecule has 0 aliphatic carbocycles. The molecule has 1 fully saturated rings. The van der Waals surface area contributed by atoms with E-state index in [0.717, 1.165) is 32.0 Å². The summed E-state index contributed by atoms with van der Waals surface area (Å²) in [6.45, 7) is 3.00. The van der Waals surface area contributed by atoms with Crippen molar-refractivity contribution in [2.24, 2.45) is 5.92 Å². The van der Waals surface area contributed by atoms with Crippen molar-refractivity contribution in [3.05, 3.63) is 0 Å². The average Bonchev–Trinajstić information content (AvgIpc) is 2.65. The Morgan fingerprint density at radius 2 is 2.46 bits per heavy atom. The van der Waals surface area contributed by atoms with Crippen LogP contribution in [-0.2, 0) is 4.74 Å². The molecule has 0 aromatic heterocycles. The predicted molar refractivity (Wildman–Crippen MR) is 50.6 cm³/mol. The van der Waals surface area contributed by atoms with Gasteiger partial charge in [0, 0.05) is 13.6 Å². The van der Waals surface area contributed by atoms with Gasteiger partial charge in [0.1, 0.15) is 0 Å². The third-order valence-corrected chi connectivity index (χ3v) is 2.52. The van der Waals surface area contributed by atoms with Gasteiger partial charge in [-0.3, -0.25) is 0 Å². The van der Waals surface area contributed by atoms with Crippen molar-refractivity contribution in [3.63, 3.8) is 0 Å². The molecule has 0 bridgehead atoms. The lowest BCUT2D eigenvalue weighted by atomic mass is 10.1. The zero-order valence-corrected chi connectivity index (χ0v) is 8.38. The van der Waals surface area contributed by atoms with E-state index in [-0.39, 0.29) is 6.09 Å². The van der Waals surface area contributed by atoms with Crippen LogP contribution in [0, 0.1) is 5.92 Å². The number of ether oxygens (including phenoxy) is 1. The second-order valence-corrected chi connectivity index (χ2v) is 3.54. The average molecular weight is 186 g/mol. The first-order valence-corrected chi connectivity index (χ1v) is 4.74. The Balaban J connectivity index is 2.13. The molecule has 1 amide bonds. The number of nitrogens with zero attached hydrogens (tertiary/aromatic N) is 1. The molecule has 0 aromatic rings. The van der Waals surface area contributed by atoms with Crippen LogP contribution in [0.5, 0.6) is 0 Å². The quantitative estimate of drug-likeness (QED) is 0.705. The van der Waals surface area contributed by atoms with E-state index in [2.05, 4.69) is 10.1 Å². The Hall–Kier alpha value is -0.770. The van der Waals surface area contributed by atoms with Crippen molar-refractivity contribution < 1.29 is 9.53 Å². The van der Waals surface area contributed by atoms with Crippen molar-refractivity contribution in [1.82, 2.24) is 10.2 Å². The van der Waals surface area contributed by atoms with E-state index in [9.17, 15) is 4.79 Å². The van der Waals surface area contributed by atoms with Crippen LogP contribution in [-0.4, -0.2) is 44.8 Å². The zero-order chi connectivity index (χ0) is 9.68. The Kier molecular flexibility index (Phi) is 4.02. The second-order valence-electron chi connectivity index (χ2n) is 3.54. The lowest BCUT2D eigenvalue weighted by Gasteiger charge is -2.17. The predicted octanol–water partition coefficient (Wildman–Crippen LogP) is 0.684. The van der Waals surface area contributed by atoms with E-state index < -0.39 is 0 Å². The molecular weight excluding hydrogens is 168 g/mol. The molecule has 1 rings (SSSR count). The second kappa shape index (κ2) is 5.07. The van der Waals surface area contributed by atoms with Crippen molar-refractivity contribution in [1.29, 1.82) is 0 Å². The summed E-state index contributed by atoms with van der Waals surface area (Å²) in [6, 6.07) is 0. The monoisotopic (exact) mass is 186 g/mol. The van der Waals surface area contributed by atoms with Gasteiger partial charge in [0.15, 0.2) is 0 Å². The van der Waals surface area contributed by atoms with Crippen LogP contribution in [0.25, 0.3) is 0 Å². The number of methoxy groups -OCH3 is 1. The van der Waals surface area contributed by atoms with Gasteiger partial charge >= 0.3 is 6.09 Å². The number of amides is 1. The molecule has 1 unspecified atom stereocenters. The summed E-state index contributed by atoms with van der Waals surface area (Å²) in [7, 11) is 3.18. The number of carbonyl (C=O) groups excluding carboxylic acids is 1. The fourth-order valence-corrected chi connectivity index (χ4v) is 1.58. The zero-order valence-electron chi connectivity index (χ0n) is 8.38. The third kappa shape index (κ3) is 3.22. The molecule has 1 atom stereocenters. The van der Waals surface area contributed by atoms with Crippen LogP contribution in [0.15, 0.2) is 0 Å². The minimum atomic E-state index is -0.244. The molecule has 1 heterocycles. The number of carbonyl (C=O) groups is 1. The smallest absolute Gasteiger partial charge is 0.409 e. The topological polar surface area (TPSA) is 41.6 Å². The highest BCUT2D eigenvalue weighted by atomic mass is 16.5. The van der Waals surface area contributed by atoms with Crippen molar-refractivity contribution in [3.8, 4) is 0 Å². The number of rotatable bonds is 3. The summed E-state index contributed by atoms with van der Waals surface area (Å²) < 4.78 is 4.60. The lowest BCUT2D eigenvalue weighted by Crippen LogP contribution is -2.29. The van der Waals surface area contributed by atoms with E-state index in [1.807, 2.05) is 0 Å². The van der Waals surface area contributed by atoms with Gasteiger partial charge in [0.05, 0.1) is 7.11 Å². The maximum Gasteiger partial charge on any atom is 0.409 e. The van der Waals surface area contributed by atoms with E-state index in [1.54, 1.807) is 11.9 Å². The van der Waals surface area contributed by atoms with Gasteiger partial charge < -0.3 is 15.0 Å². The molecule has 1 aliphatic rings. The highest BCUT2D eigenvalue weighted by molar-refractivity contribution is 5.66. The normalized spacial score (nSPS) is 21.5. The maximum absolute atomic E-state index is 11.0. The van der Waals surface area contributed by atoms with Gasteiger partial charge in [0.25, 0.3) is 0 Å². The van der Waals surface area contributed by atoms with Crippen molar-refractivity contribution >= 4 is 6.09 Å². The minimum Gasteiger partial charge on any atom is -0.453 e. The molecule has 1 aliphatic heterocycles. The molecule has 0 spiro atoms. The number of hydrogen-bond donors (Lipinski definition) is 1. The van der Waals surface area contributed by atoms with Gasteiger partial charge in [0.2, 0.25) is 0 Å².